The van der Waals surface area contributed by atoms with Crippen LogP contribution in [0.3, 0.4) is 0 Å². The van der Waals surface area contributed by atoms with Crippen LogP contribution < -0.4 is 0 Å². The zero-order valence-electron chi connectivity index (χ0n) is 43.7. The van der Waals surface area contributed by atoms with Crippen LogP contribution in [0.4, 0.5) is 0 Å². The smallest absolute Gasteiger partial charge is 0.457 e. The van der Waals surface area contributed by atoms with Crippen molar-refractivity contribution in [3.05, 3.63) is 36.5 Å². The summed E-state index contributed by atoms with van der Waals surface area (Å²) in [7, 11) is 1.67. The molecular weight excluding hydrogens is 830 g/mol. The molecule has 0 bridgehead atoms. The fourth-order valence-corrected chi connectivity index (χ4v) is 8.62. The first kappa shape index (κ1) is 63.7. The lowest BCUT2D eigenvalue weighted by atomic mass is 10.1. The fourth-order valence-electron chi connectivity index (χ4n) is 7.87. The molecule has 0 radical (unpaired) electrons. The lowest BCUT2D eigenvalue weighted by Gasteiger charge is -2.24. The molecule has 0 aliphatic carbocycles. The summed E-state index contributed by atoms with van der Waals surface area (Å²) >= 11 is 0. The molecule has 384 valence electrons. The number of phosphoric ester groups is 1. The number of hydrogen-bond acceptors (Lipinski definition) is 6. The maximum Gasteiger partial charge on any atom is 0.472 e. The van der Waals surface area contributed by atoms with Crippen molar-refractivity contribution in [1.82, 2.24) is 0 Å². The molecule has 0 aromatic rings. The third kappa shape index (κ3) is 53.5. The second-order valence-electron chi connectivity index (χ2n) is 20.0. The summed E-state index contributed by atoms with van der Waals surface area (Å²) < 4.78 is 35.2. The predicted octanol–water partition coefficient (Wildman–Crippen LogP) is 17.3. The van der Waals surface area contributed by atoms with Crippen molar-refractivity contribution in [3.8, 4) is 0 Å². The number of ether oxygens (including phenoxy) is 2. The largest absolute Gasteiger partial charge is 0.472 e. The fraction of sp³-hybridized carbons (Fsp3) is 0.875. The molecule has 0 spiro atoms. The molecule has 9 heteroatoms. The van der Waals surface area contributed by atoms with Gasteiger partial charge in [-0.2, -0.15) is 0 Å². The van der Waals surface area contributed by atoms with E-state index in [2.05, 4.69) is 50.3 Å². The number of carbonyl (C=O) groups is 1. The highest BCUT2D eigenvalue weighted by atomic mass is 31.2. The Morgan fingerprint density at radius 1 is 0.477 bits per heavy atom. The number of rotatable bonds is 52. The third-order valence-electron chi connectivity index (χ3n) is 12.2. The normalized spacial score (nSPS) is 13.8. The Balaban J connectivity index is 4.10. The van der Waals surface area contributed by atoms with E-state index in [0.29, 0.717) is 24.1 Å². The standard InChI is InChI=1S/C56H108NO7P/c1-6-8-10-12-14-16-18-20-22-24-26-28-30-32-34-36-38-40-42-44-46-48-51-61-53-55(54-63-65(59,60)62-52-50-57(3,4)5)64-56(58)49-47-45-43-41-39-37-35-33-31-29-27-25-23-21-19-17-15-13-11-9-7-2/h18,20,24-27,55H,6-17,19,21-23,28-54H2,1-5H3/p+1/b20-18-,26-24-,27-25-. The summed E-state index contributed by atoms with van der Waals surface area (Å²) in [6.45, 7) is 5.65. The van der Waals surface area contributed by atoms with Crippen LogP contribution >= 0.6 is 7.82 Å². The molecular formula is C56H109NO7P+. The topological polar surface area (TPSA) is 91.3 Å². The predicted molar refractivity (Wildman–Crippen MR) is 280 cm³/mol. The highest BCUT2D eigenvalue weighted by molar-refractivity contribution is 7.47. The number of phosphoric acid groups is 1. The molecule has 0 aromatic carbocycles. The molecule has 0 amide bonds. The number of likely N-dealkylation sites (N-methyl/N-ethyl adjacent to an activating group) is 1. The first-order chi connectivity index (χ1) is 31.6. The molecule has 1 N–H and O–H groups in total. The average Bonchev–Trinajstić information content (AvgIpc) is 3.27. The number of nitrogens with zero attached hydrogens (tertiary/aromatic N) is 1. The van der Waals surface area contributed by atoms with E-state index in [9.17, 15) is 14.3 Å². The minimum absolute atomic E-state index is 0.0882. The number of unbranched alkanes of at least 4 members (excludes halogenated alkanes) is 32. The molecule has 0 aromatic heterocycles. The van der Waals surface area contributed by atoms with E-state index < -0.39 is 13.9 Å². The third-order valence-corrected chi connectivity index (χ3v) is 13.2. The molecule has 65 heavy (non-hydrogen) atoms. The van der Waals surface area contributed by atoms with E-state index in [1.807, 2.05) is 21.1 Å². The van der Waals surface area contributed by atoms with Crippen molar-refractivity contribution in [2.45, 2.75) is 264 Å². The maximum atomic E-state index is 12.8. The molecule has 2 unspecified atom stereocenters. The molecule has 0 fully saturated rings. The Morgan fingerprint density at radius 3 is 1.26 bits per heavy atom. The van der Waals surface area contributed by atoms with Crippen molar-refractivity contribution in [3.63, 3.8) is 0 Å². The second-order valence-corrected chi connectivity index (χ2v) is 21.4. The molecule has 0 aliphatic rings. The molecule has 0 aliphatic heterocycles. The zero-order chi connectivity index (χ0) is 47.6. The Labute approximate surface area is 404 Å². The minimum atomic E-state index is -4.28. The van der Waals surface area contributed by atoms with Gasteiger partial charge in [0.25, 0.3) is 0 Å². The monoisotopic (exact) mass is 939 g/mol. The van der Waals surface area contributed by atoms with Crippen LogP contribution in [-0.4, -0.2) is 75.6 Å². The Hall–Kier alpha value is -1.28. The van der Waals surface area contributed by atoms with Gasteiger partial charge in [-0.3, -0.25) is 13.8 Å². The summed E-state index contributed by atoms with van der Waals surface area (Å²) in [4.78, 5) is 23.1. The van der Waals surface area contributed by atoms with E-state index in [0.717, 1.165) is 38.5 Å². The molecule has 0 saturated heterocycles. The molecule has 0 rings (SSSR count). The molecule has 0 saturated carbocycles. The number of allylic oxidation sites excluding steroid dienone is 6. The quantitative estimate of drug-likeness (QED) is 0.0214. The van der Waals surface area contributed by atoms with Crippen LogP contribution in [0.2, 0.25) is 0 Å². The van der Waals surface area contributed by atoms with Crippen LogP contribution in [0, 0.1) is 0 Å². The van der Waals surface area contributed by atoms with Crippen LogP contribution in [-0.2, 0) is 27.9 Å². The van der Waals surface area contributed by atoms with Crippen LogP contribution in [0.1, 0.15) is 258 Å². The first-order valence-corrected chi connectivity index (χ1v) is 29.2. The van der Waals surface area contributed by atoms with Gasteiger partial charge in [0.1, 0.15) is 19.3 Å². The van der Waals surface area contributed by atoms with Crippen molar-refractivity contribution in [2.24, 2.45) is 0 Å². The van der Waals surface area contributed by atoms with Gasteiger partial charge in [-0.25, -0.2) is 4.57 Å². The minimum Gasteiger partial charge on any atom is -0.457 e. The highest BCUT2D eigenvalue weighted by Gasteiger charge is 2.26. The number of carbonyl (C=O) groups excluding carboxylic acids is 1. The lowest BCUT2D eigenvalue weighted by Crippen LogP contribution is -2.37. The summed E-state index contributed by atoms with van der Waals surface area (Å²) in [6, 6.07) is 0. The zero-order valence-corrected chi connectivity index (χ0v) is 44.6. The van der Waals surface area contributed by atoms with E-state index in [1.165, 1.54) is 199 Å². The van der Waals surface area contributed by atoms with Crippen molar-refractivity contribution < 1.29 is 37.3 Å². The SMILES string of the molecule is CCCCCCC/C=C\C/C=C\CCCCCCCCCCCCOCC(COP(=O)(O)OCC[N+](C)(C)C)OC(=O)CCCCCCCCCCC/C=C\CCCCCCCCCC. The maximum absolute atomic E-state index is 12.8. The van der Waals surface area contributed by atoms with E-state index in [-0.39, 0.29) is 25.8 Å². The molecule has 8 nitrogen and oxygen atoms in total. The number of quaternary nitrogens is 1. The van der Waals surface area contributed by atoms with Gasteiger partial charge in [0, 0.05) is 13.0 Å². The molecule has 0 heterocycles. The first-order valence-electron chi connectivity index (χ1n) is 27.7. The van der Waals surface area contributed by atoms with E-state index >= 15 is 0 Å². The Bertz CT molecular complexity index is 1140. The van der Waals surface area contributed by atoms with Crippen molar-refractivity contribution >= 4 is 13.8 Å². The lowest BCUT2D eigenvalue weighted by molar-refractivity contribution is -0.870. The van der Waals surface area contributed by atoms with Gasteiger partial charge in [-0.1, -0.05) is 217 Å². The Morgan fingerprint density at radius 2 is 0.846 bits per heavy atom. The van der Waals surface area contributed by atoms with Crippen LogP contribution in [0.5, 0.6) is 0 Å². The number of esters is 1. The average molecular weight is 939 g/mol. The van der Waals surface area contributed by atoms with Gasteiger partial charge < -0.3 is 18.9 Å². The van der Waals surface area contributed by atoms with Gasteiger partial charge in [0.05, 0.1) is 34.4 Å². The summed E-state index contributed by atoms with van der Waals surface area (Å²) in [6.07, 6.45) is 60.5. The van der Waals surface area contributed by atoms with Gasteiger partial charge in [-0.05, 0) is 70.6 Å². The molecule has 2 atom stereocenters. The highest BCUT2D eigenvalue weighted by Crippen LogP contribution is 2.43. The van der Waals surface area contributed by atoms with Gasteiger partial charge >= 0.3 is 13.8 Å². The summed E-state index contributed by atoms with van der Waals surface area (Å²) in [5, 5.41) is 0. The van der Waals surface area contributed by atoms with E-state index in [1.54, 1.807) is 0 Å². The van der Waals surface area contributed by atoms with Crippen LogP contribution in [0.15, 0.2) is 36.5 Å². The van der Waals surface area contributed by atoms with Gasteiger partial charge in [0.15, 0.2) is 0 Å². The Kier molecular flexibility index (Phi) is 48.2. The summed E-state index contributed by atoms with van der Waals surface area (Å²) in [5.41, 5.74) is 0. The summed E-state index contributed by atoms with van der Waals surface area (Å²) in [5.74, 6) is -0.313. The van der Waals surface area contributed by atoms with Crippen molar-refractivity contribution in [1.29, 1.82) is 0 Å². The van der Waals surface area contributed by atoms with Gasteiger partial charge in [-0.15, -0.1) is 0 Å². The van der Waals surface area contributed by atoms with E-state index in [4.69, 9.17) is 18.5 Å². The second kappa shape index (κ2) is 49.2. The van der Waals surface area contributed by atoms with Crippen molar-refractivity contribution in [2.75, 3.05) is 54.1 Å². The number of hydrogen-bond donors (Lipinski definition) is 1. The van der Waals surface area contributed by atoms with Gasteiger partial charge in [0.2, 0.25) is 0 Å². The van der Waals surface area contributed by atoms with Crippen LogP contribution in [0.25, 0.3) is 0 Å².